The molecule has 0 aromatic rings. The highest BCUT2D eigenvalue weighted by Gasteiger charge is 2.47. The first-order valence-electron chi connectivity index (χ1n) is 4.73. The molecular formula is C9H15NO3. The van der Waals surface area contributed by atoms with E-state index in [1.807, 2.05) is 6.92 Å². The van der Waals surface area contributed by atoms with Crippen molar-refractivity contribution in [2.24, 2.45) is 5.41 Å². The average molecular weight is 185 g/mol. The van der Waals surface area contributed by atoms with Gasteiger partial charge in [0.05, 0.1) is 19.8 Å². The Morgan fingerprint density at radius 1 is 1.69 bits per heavy atom. The number of rotatable bonds is 2. The monoisotopic (exact) mass is 185 g/mol. The third kappa shape index (κ3) is 1.56. The minimum atomic E-state index is -0.119. The van der Waals surface area contributed by atoms with Crippen molar-refractivity contribution in [2.45, 2.75) is 19.4 Å². The molecule has 0 amide bonds. The Bertz CT molecular complexity index is 213. The van der Waals surface area contributed by atoms with Crippen LogP contribution in [0.5, 0.6) is 0 Å². The second kappa shape index (κ2) is 3.27. The third-order valence-electron chi connectivity index (χ3n) is 2.75. The second-order valence-corrected chi connectivity index (χ2v) is 3.88. The maximum Gasteiger partial charge on any atom is 0.323 e. The Labute approximate surface area is 77.6 Å². The largest absolute Gasteiger partial charge is 0.465 e. The number of ether oxygens (including phenoxy) is 2. The maximum atomic E-state index is 11.3. The van der Waals surface area contributed by atoms with Crippen LogP contribution in [0.3, 0.4) is 0 Å². The van der Waals surface area contributed by atoms with Crippen LogP contribution in [0.15, 0.2) is 0 Å². The van der Waals surface area contributed by atoms with Gasteiger partial charge >= 0.3 is 5.97 Å². The van der Waals surface area contributed by atoms with Crippen molar-refractivity contribution in [3.63, 3.8) is 0 Å². The van der Waals surface area contributed by atoms with Crippen molar-refractivity contribution in [1.29, 1.82) is 0 Å². The molecule has 2 heterocycles. The molecule has 0 aromatic carbocycles. The highest BCUT2D eigenvalue weighted by molar-refractivity contribution is 5.76. The van der Waals surface area contributed by atoms with Crippen LogP contribution >= 0.6 is 0 Å². The zero-order valence-corrected chi connectivity index (χ0v) is 7.84. The van der Waals surface area contributed by atoms with Gasteiger partial charge in [-0.3, -0.25) is 4.79 Å². The molecule has 74 valence electrons. The molecule has 0 saturated carbocycles. The van der Waals surface area contributed by atoms with Gasteiger partial charge < -0.3 is 14.8 Å². The average Bonchev–Trinajstić information content (AvgIpc) is 2.47. The molecule has 2 rings (SSSR count). The van der Waals surface area contributed by atoms with Gasteiger partial charge in [-0.15, -0.1) is 0 Å². The van der Waals surface area contributed by atoms with E-state index >= 15 is 0 Å². The van der Waals surface area contributed by atoms with E-state index in [4.69, 9.17) is 9.47 Å². The topological polar surface area (TPSA) is 47.6 Å². The van der Waals surface area contributed by atoms with Crippen molar-refractivity contribution >= 4 is 5.97 Å². The van der Waals surface area contributed by atoms with E-state index in [0.29, 0.717) is 6.61 Å². The molecule has 0 aliphatic carbocycles. The van der Waals surface area contributed by atoms with Crippen molar-refractivity contribution in [3.05, 3.63) is 0 Å². The molecule has 2 saturated heterocycles. The number of hydrogen-bond donors (Lipinski definition) is 1. The molecule has 0 bridgehead atoms. The first-order chi connectivity index (χ1) is 6.26. The van der Waals surface area contributed by atoms with Crippen LogP contribution in [0.2, 0.25) is 0 Å². The fourth-order valence-corrected chi connectivity index (χ4v) is 1.94. The maximum absolute atomic E-state index is 11.3. The summed E-state index contributed by atoms with van der Waals surface area (Å²) in [4.78, 5) is 11.3. The highest BCUT2D eigenvalue weighted by atomic mass is 16.5. The Hall–Kier alpha value is -0.610. The van der Waals surface area contributed by atoms with Gasteiger partial charge in [0.15, 0.2) is 0 Å². The molecule has 1 unspecified atom stereocenters. The minimum Gasteiger partial charge on any atom is -0.465 e. The molecule has 2 aliphatic rings. The van der Waals surface area contributed by atoms with E-state index in [-0.39, 0.29) is 17.4 Å². The summed E-state index contributed by atoms with van der Waals surface area (Å²) < 4.78 is 10.1. The molecule has 2 fully saturated rings. The lowest BCUT2D eigenvalue weighted by molar-refractivity contribution is -0.146. The number of carbonyl (C=O) groups is 1. The lowest BCUT2D eigenvalue weighted by Crippen LogP contribution is -2.44. The summed E-state index contributed by atoms with van der Waals surface area (Å²) in [6, 6.07) is -0.108. The summed E-state index contributed by atoms with van der Waals surface area (Å²) in [6.07, 6.45) is 0.867. The number of esters is 1. The fourth-order valence-electron chi connectivity index (χ4n) is 1.94. The number of carbonyl (C=O) groups excluding carboxylic acids is 1. The summed E-state index contributed by atoms with van der Waals surface area (Å²) in [5, 5.41) is 3.18. The summed E-state index contributed by atoms with van der Waals surface area (Å²) >= 11 is 0. The normalized spacial score (nSPS) is 30.1. The van der Waals surface area contributed by atoms with Gasteiger partial charge in [-0.1, -0.05) is 0 Å². The van der Waals surface area contributed by atoms with Crippen LogP contribution in [-0.2, 0) is 14.3 Å². The highest BCUT2D eigenvalue weighted by Crippen LogP contribution is 2.36. The van der Waals surface area contributed by atoms with Gasteiger partial charge in [-0.05, 0) is 13.3 Å². The van der Waals surface area contributed by atoms with Crippen LogP contribution in [0, 0.1) is 5.41 Å². The SMILES string of the molecule is CCOC(=O)C1CC2(CN1)COC2. The smallest absolute Gasteiger partial charge is 0.323 e. The molecule has 2 aliphatic heterocycles. The van der Waals surface area contributed by atoms with Crippen molar-refractivity contribution in [1.82, 2.24) is 5.32 Å². The molecule has 0 aromatic heterocycles. The van der Waals surface area contributed by atoms with Crippen molar-refractivity contribution < 1.29 is 14.3 Å². The third-order valence-corrected chi connectivity index (χ3v) is 2.75. The van der Waals surface area contributed by atoms with Gasteiger partial charge in [0.2, 0.25) is 0 Å². The van der Waals surface area contributed by atoms with Crippen LogP contribution in [0.25, 0.3) is 0 Å². The molecule has 4 nitrogen and oxygen atoms in total. The Kier molecular flexibility index (Phi) is 2.26. The van der Waals surface area contributed by atoms with E-state index in [9.17, 15) is 4.79 Å². The van der Waals surface area contributed by atoms with E-state index in [0.717, 1.165) is 26.2 Å². The second-order valence-electron chi connectivity index (χ2n) is 3.88. The zero-order chi connectivity index (χ0) is 9.31. The molecule has 1 N–H and O–H groups in total. The van der Waals surface area contributed by atoms with Crippen LogP contribution in [0.1, 0.15) is 13.3 Å². The predicted octanol–water partition coefficient (Wildman–Crippen LogP) is -0.0720. The molecule has 13 heavy (non-hydrogen) atoms. The van der Waals surface area contributed by atoms with Gasteiger partial charge in [-0.25, -0.2) is 0 Å². The predicted molar refractivity (Wildman–Crippen MR) is 46.3 cm³/mol. The molecule has 1 spiro atoms. The van der Waals surface area contributed by atoms with E-state index in [2.05, 4.69) is 5.32 Å². The van der Waals surface area contributed by atoms with Crippen LogP contribution in [0.4, 0.5) is 0 Å². The molecule has 0 radical (unpaired) electrons. The lowest BCUT2D eigenvalue weighted by Gasteiger charge is -2.37. The quantitative estimate of drug-likeness (QED) is 0.612. The zero-order valence-electron chi connectivity index (χ0n) is 7.84. The first kappa shape index (κ1) is 8.97. The van der Waals surface area contributed by atoms with Gasteiger partial charge in [0.1, 0.15) is 6.04 Å². The van der Waals surface area contributed by atoms with E-state index < -0.39 is 0 Å². The molecule has 1 atom stereocenters. The fraction of sp³-hybridized carbons (Fsp3) is 0.889. The number of hydrogen-bond acceptors (Lipinski definition) is 4. The summed E-state index contributed by atoms with van der Waals surface area (Å²) in [5.41, 5.74) is 0.234. The van der Waals surface area contributed by atoms with E-state index in [1.54, 1.807) is 0 Å². The number of nitrogens with one attached hydrogen (secondary N) is 1. The molecular weight excluding hydrogens is 170 g/mol. The molecule has 4 heteroatoms. The standard InChI is InChI=1S/C9H15NO3/c1-2-13-8(11)7-3-9(4-10-7)5-12-6-9/h7,10H,2-6H2,1H3. The van der Waals surface area contributed by atoms with Crippen molar-refractivity contribution in [2.75, 3.05) is 26.4 Å². The van der Waals surface area contributed by atoms with Gasteiger partial charge in [0.25, 0.3) is 0 Å². The van der Waals surface area contributed by atoms with Gasteiger partial charge in [-0.2, -0.15) is 0 Å². The van der Waals surface area contributed by atoms with E-state index in [1.165, 1.54) is 0 Å². The lowest BCUT2D eigenvalue weighted by atomic mass is 9.84. The van der Waals surface area contributed by atoms with Crippen molar-refractivity contribution in [3.8, 4) is 0 Å². The van der Waals surface area contributed by atoms with Gasteiger partial charge in [0, 0.05) is 12.0 Å². The Morgan fingerprint density at radius 3 is 2.92 bits per heavy atom. The first-order valence-corrected chi connectivity index (χ1v) is 4.73. The minimum absolute atomic E-state index is 0.108. The Balaban J connectivity index is 1.87. The van der Waals surface area contributed by atoms with Crippen LogP contribution < -0.4 is 5.32 Å². The summed E-state index contributed by atoms with van der Waals surface area (Å²) in [7, 11) is 0. The summed E-state index contributed by atoms with van der Waals surface area (Å²) in [5.74, 6) is -0.119. The Morgan fingerprint density at radius 2 is 2.46 bits per heavy atom. The van der Waals surface area contributed by atoms with Crippen LogP contribution in [-0.4, -0.2) is 38.4 Å². The summed E-state index contributed by atoms with van der Waals surface area (Å²) in [6.45, 7) is 4.75.